The highest BCUT2D eigenvalue weighted by Crippen LogP contribution is 2.43. The minimum absolute atomic E-state index is 0.0256. The summed E-state index contributed by atoms with van der Waals surface area (Å²) in [6, 6.07) is 11.3. The van der Waals surface area contributed by atoms with Crippen molar-refractivity contribution < 1.29 is 24.2 Å². The Hall–Kier alpha value is -2.84. The van der Waals surface area contributed by atoms with Gasteiger partial charge in [-0.1, -0.05) is 28.1 Å². The lowest BCUT2D eigenvalue weighted by Gasteiger charge is -2.28. The van der Waals surface area contributed by atoms with Crippen LogP contribution in [0.4, 0.5) is 0 Å². The van der Waals surface area contributed by atoms with Gasteiger partial charge in [-0.3, -0.25) is 9.59 Å². The van der Waals surface area contributed by atoms with E-state index in [0.717, 1.165) is 4.47 Å². The van der Waals surface area contributed by atoms with Gasteiger partial charge in [0.2, 0.25) is 0 Å². The van der Waals surface area contributed by atoms with E-state index in [1.54, 1.807) is 42.5 Å². The summed E-state index contributed by atoms with van der Waals surface area (Å²) >= 11 is 3.36. The molecule has 8 heteroatoms. The average Bonchev–Trinajstić information content (AvgIpc) is 3.01. The largest absolute Gasteiger partial charge is 0.507 e. The number of nitrogens with zero attached hydrogens (tertiary/aromatic N) is 2. The summed E-state index contributed by atoms with van der Waals surface area (Å²) in [7, 11) is 6.83. The maximum absolute atomic E-state index is 13.1. The standard InChI is InChI=1S/C23H25BrN2O5/c1-25(2)11-12-26-20(17-13-16(30-3)9-10-18(17)31-4)19(22(28)23(26)29)21(27)14-5-7-15(24)8-6-14/h5-10,13,20,27H,11-12H2,1-4H3/t20-/m0/s1. The number of amides is 1. The molecule has 1 aliphatic rings. The molecule has 0 aromatic heterocycles. The molecule has 1 N–H and O–H groups in total. The Labute approximate surface area is 190 Å². The summed E-state index contributed by atoms with van der Waals surface area (Å²) < 4.78 is 11.7. The fourth-order valence-corrected chi connectivity index (χ4v) is 3.82. The van der Waals surface area contributed by atoms with Crippen LogP contribution in [0.3, 0.4) is 0 Å². The number of benzene rings is 2. The Kier molecular flexibility index (Phi) is 7.02. The van der Waals surface area contributed by atoms with Crippen LogP contribution >= 0.6 is 15.9 Å². The Bertz CT molecular complexity index is 1020. The molecule has 0 unspecified atom stereocenters. The van der Waals surface area contributed by atoms with E-state index in [9.17, 15) is 14.7 Å². The van der Waals surface area contributed by atoms with Gasteiger partial charge in [-0.2, -0.15) is 0 Å². The number of carbonyl (C=O) groups excluding carboxylic acids is 2. The number of likely N-dealkylation sites (N-methyl/N-ethyl adjacent to an activating group) is 1. The quantitative estimate of drug-likeness (QED) is 0.365. The van der Waals surface area contributed by atoms with Crippen LogP contribution in [0.5, 0.6) is 11.5 Å². The first-order valence-electron chi connectivity index (χ1n) is 9.69. The van der Waals surface area contributed by atoms with Gasteiger partial charge in [0, 0.05) is 28.7 Å². The van der Waals surface area contributed by atoms with Gasteiger partial charge in [-0.25, -0.2) is 0 Å². The minimum atomic E-state index is -0.811. The van der Waals surface area contributed by atoms with Crippen molar-refractivity contribution in [2.45, 2.75) is 6.04 Å². The van der Waals surface area contributed by atoms with E-state index in [0.29, 0.717) is 35.7 Å². The highest BCUT2D eigenvalue weighted by molar-refractivity contribution is 9.10. The summed E-state index contributed by atoms with van der Waals surface area (Å²) in [5.41, 5.74) is 1.04. The highest BCUT2D eigenvalue weighted by atomic mass is 79.9. The van der Waals surface area contributed by atoms with Crippen LogP contribution in [0.25, 0.3) is 5.76 Å². The number of methoxy groups -OCH3 is 2. The van der Waals surface area contributed by atoms with E-state index in [1.165, 1.54) is 19.1 Å². The molecule has 1 amide bonds. The number of ketones is 1. The molecule has 1 saturated heterocycles. The molecule has 2 aromatic carbocycles. The number of carbonyl (C=O) groups is 2. The number of Topliss-reactive ketones (excluding diaryl/α,β-unsaturated/α-hetero) is 1. The van der Waals surface area contributed by atoms with Gasteiger partial charge >= 0.3 is 0 Å². The third kappa shape index (κ3) is 4.60. The topological polar surface area (TPSA) is 79.3 Å². The molecule has 3 rings (SSSR count). The predicted octanol–water partition coefficient (Wildman–Crippen LogP) is 3.45. The SMILES string of the molecule is COc1ccc(OC)c([C@H]2C(=C(O)c3ccc(Br)cc3)C(=O)C(=O)N2CCN(C)C)c1. The van der Waals surface area contributed by atoms with Crippen molar-refractivity contribution in [2.75, 3.05) is 41.4 Å². The maximum Gasteiger partial charge on any atom is 0.295 e. The van der Waals surface area contributed by atoms with Crippen LogP contribution < -0.4 is 9.47 Å². The number of hydrogen-bond acceptors (Lipinski definition) is 6. The number of likely N-dealkylation sites (tertiary alicyclic amines) is 1. The van der Waals surface area contributed by atoms with Gasteiger partial charge in [0.25, 0.3) is 11.7 Å². The lowest BCUT2D eigenvalue weighted by Crippen LogP contribution is -2.35. The molecule has 7 nitrogen and oxygen atoms in total. The van der Waals surface area contributed by atoms with Crippen LogP contribution in [0.2, 0.25) is 0 Å². The smallest absolute Gasteiger partial charge is 0.295 e. The van der Waals surface area contributed by atoms with E-state index in [2.05, 4.69) is 15.9 Å². The number of hydrogen-bond donors (Lipinski definition) is 1. The van der Waals surface area contributed by atoms with Gasteiger partial charge in [0.1, 0.15) is 17.3 Å². The van der Waals surface area contributed by atoms with E-state index < -0.39 is 17.7 Å². The zero-order chi connectivity index (χ0) is 22.7. The number of rotatable bonds is 7. The molecule has 1 atom stereocenters. The molecule has 1 heterocycles. The number of aliphatic hydroxyl groups is 1. The van der Waals surface area contributed by atoms with Crippen molar-refractivity contribution in [2.24, 2.45) is 0 Å². The number of aliphatic hydroxyl groups excluding tert-OH is 1. The van der Waals surface area contributed by atoms with E-state index in [-0.39, 0.29) is 11.3 Å². The molecule has 0 spiro atoms. The zero-order valence-corrected chi connectivity index (χ0v) is 19.5. The molecule has 0 radical (unpaired) electrons. The monoisotopic (exact) mass is 488 g/mol. The van der Waals surface area contributed by atoms with Gasteiger partial charge in [-0.15, -0.1) is 0 Å². The van der Waals surface area contributed by atoms with Crippen molar-refractivity contribution in [3.63, 3.8) is 0 Å². The van der Waals surface area contributed by atoms with Gasteiger partial charge < -0.3 is 24.4 Å². The number of ether oxygens (including phenoxy) is 2. The summed E-state index contributed by atoms with van der Waals surface area (Å²) in [6.45, 7) is 0.855. The van der Waals surface area contributed by atoms with Crippen molar-refractivity contribution in [3.05, 3.63) is 63.6 Å². The zero-order valence-electron chi connectivity index (χ0n) is 17.9. The second-order valence-electron chi connectivity index (χ2n) is 7.41. The predicted molar refractivity (Wildman–Crippen MR) is 121 cm³/mol. The second kappa shape index (κ2) is 9.53. The Morgan fingerprint density at radius 3 is 2.35 bits per heavy atom. The molecule has 1 aliphatic heterocycles. The van der Waals surface area contributed by atoms with E-state index in [4.69, 9.17) is 9.47 Å². The molecule has 0 bridgehead atoms. The van der Waals surface area contributed by atoms with Crippen LogP contribution in [0.1, 0.15) is 17.2 Å². The molecule has 2 aromatic rings. The van der Waals surface area contributed by atoms with Gasteiger partial charge in [-0.05, 0) is 44.4 Å². The van der Waals surface area contributed by atoms with Gasteiger partial charge in [0.15, 0.2) is 0 Å². The van der Waals surface area contributed by atoms with Crippen LogP contribution in [0, 0.1) is 0 Å². The first kappa shape index (κ1) is 22.8. The fraction of sp³-hybridized carbons (Fsp3) is 0.304. The molecular formula is C23H25BrN2O5. The first-order chi connectivity index (χ1) is 14.8. The van der Waals surface area contributed by atoms with E-state index >= 15 is 0 Å². The lowest BCUT2D eigenvalue weighted by atomic mass is 9.94. The van der Waals surface area contributed by atoms with Crippen LogP contribution in [-0.4, -0.2) is 68.0 Å². The maximum atomic E-state index is 13.1. The molecule has 0 saturated carbocycles. The third-order valence-electron chi connectivity index (χ3n) is 5.18. The minimum Gasteiger partial charge on any atom is -0.507 e. The molecule has 31 heavy (non-hydrogen) atoms. The molecular weight excluding hydrogens is 464 g/mol. The normalized spacial score (nSPS) is 18.0. The third-order valence-corrected chi connectivity index (χ3v) is 5.71. The lowest BCUT2D eigenvalue weighted by molar-refractivity contribution is -0.140. The highest BCUT2D eigenvalue weighted by Gasteiger charge is 2.47. The van der Waals surface area contributed by atoms with Gasteiger partial charge in [0.05, 0.1) is 25.8 Å². The molecule has 1 fully saturated rings. The van der Waals surface area contributed by atoms with Crippen molar-refractivity contribution in [1.29, 1.82) is 0 Å². The van der Waals surface area contributed by atoms with E-state index in [1.807, 2.05) is 19.0 Å². The average molecular weight is 489 g/mol. The number of halogens is 1. The van der Waals surface area contributed by atoms with Crippen LogP contribution in [0.15, 0.2) is 52.5 Å². The van der Waals surface area contributed by atoms with Crippen LogP contribution in [-0.2, 0) is 9.59 Å². The molecule has 164 valence electrons. The van der Waals surface area contributed by atoms with Crippen molar-refractivity contribution >= 4 is 33.4 Å². The Morgan fingerprint density at radius 1 is 1.10 bits per heavy atom. The van der Waals surface area contributed by atoms with Crippen molar-refractivity contribution in [3.8, 4) is 11.5 Å². The molecule has 0 aliphatic carbocycles. The Morgan fingerprint density at radius 2 is 1.77 bits per heavy atom. The summed E-state index contributed by atoms with van der Waals surface area (Å²) in [5.74, 6) is -0.570. The van der Waals surface area contributed by atoms with Crippen molar-refractivity contribution in [1.82, 2.24) is 9.80 Å². The second-order valence-corrected chi connectivity index (χ2v) is 8.33. The summed E-state index contributed by atoms with van der Waals surface area (Å²) in [4.78, 5) is 29.5. The Balaban J connectivity index is 2.23. The summed E-state index contributed by atoms with van der Waals surface area (Å²) in [6.07, 6.45) is 0. The fourth-order valence-electron chi connectivity index (χ4n) is 3.56. The first-order valence-corrected chi connectivity index (χ1v) is 10.5. The summed E-state index contributed by atoms with van der Waals surface area (Å²) in [5, 5.41) is 11.1.